The molecule has 4 bridgehead atoms. The van der Waals surface area contributed by atoms with Gasteiger partial charge in [0.1, 0.15) is 0 Å². The van der Waals surface area contributed by atoms with Crippen LogP contribution in [-0.2, 0) is 10.8 Å². The molecular weight excluding hydrogens is 765 g/mol. The van der Waals surface area contributed by atoms with Gasteiger partial charge in [-0.1, -0.05) is 135 Å². The average Bonchev–Trinajstić information content (AvgIpc) is 3.91. The van der Waals surface area contributed by atoms with Crippen LogP contribution in [0.2, 0.25) is 0 Å². The van der Waals surface area contributed by atoms with Gasteiger partial charge < -0.3 is 4.57 Å². The summed E-state index contributed by atoms with van der Waals surface area (Å²) in [5, 5.41) is 4.89. The van der Waals surface area contributed by atoms with Crippen molar-refractivity contribution in [3.8, 4) is 45.3 Å². The predicted molar refractivity (Wildman–Crippen MR) is 257 cm³/mol. The normalized spacial score (nSPS) is 24.4. The first-order valence-electron chi connectivity index (χ1n) is 23.2. The molecule has 0 spiro atoms. The minimum atomic E-state index is -0.258. The molecule has 0 amide bonds. The zero-order valence-electron chi connectivity index (χ0n) is 35.6. The third-order valence-corrected chi connectivity index (χ3v) is 17.2. The van der Waals surface area contributed by atoms with E-state index < -0.39 is 0 Å². The van der Waals surface area contributed by atoms with Crippen molar-refractivity contribution in [2.45, 2.75) is 50.4 Å². The predicted octanol–water partition coefficient (Wildman–Crippen LogP) is 14.2. The van der Waals surface area contributed by atoms with Gasteiger partial charge in [-0.15, -0.1) is 0 Å². The molecule has 0 radical (unpaired) electrons. The van der Waals surface area contributed by atoms with Crippen LogP contribution in [0, 0.1) is 29.6 Å². The highest BCUT2D eigenvalue weighted by Crippen LogP contribution is 2.78. The Balaban J connectivity index is 0.963. The molecular formula is C59H46N4. The molecule has 16 rings (SSSR count). The highest BCUT2D eigenvalue weighted by Gasteiger charge is 2.72. The summed E-state index contributed by atoms with van der Waals surface area (Å²) in [6.07, 6.45) is 5.73. The van der Waals surface area contributed by atoms with E-state index in [1.165, 1.54) is 91.6 Å². The van der Waals surface area contributed by atoms with E-state index in [2.05, 4.69) is 187 Å². The van der Waals surface area contributed by atoms with Crippen molar-refractivity contribution in [1.29, 1.82) is 0 Å². The quantitative estimate of drug-likeness (QED) is 0.174. The Kier molecular flexibility index (Phi) is 6.63. The Morgan fingerprint density at radius 1 is 0.492 bits per heavy atom. The minimum absolute atomic E-state index is 0.258. The number of nitrogens with zero attached hydrogens (tertiary/aromatic N) is 4. The molecule has 4 heteroatoms. The Morgan fingerprint density at radius 3 is 2.08 bits per heavy atom. The van der Waals surface area contributed by atoms with Gasteiger partial charge in [-0.3, -0.25) is 4.57 Å². The summed E-state index contributed by atoms with van der Waals surface area (Å²) in [7, 11) is 0. The molecule has 10 aromatic rings. The molecule has 6 atom stereocenters. The van der Waals surface area contributed by atoms with Gasteiger partial charge in [-0.25, -0.2) is 9.97 Å². The lowest BCUT2D eigenvalue weighted by atomic mass is 9.44. The fraction of sp³-hybridized carbons (Fsp3) is 0.220. The molecule has 3 unspecified atom stereocenters. The standard InChI is InChI=1S/C59H46N4/c1-58(2)48-20-9-6-19-44(48)56-54(58)55(36-15-12-16-39(28-36)59-32-38-27-37-30-46(53(38)59)47(37)33-59)60-57(61-56)63-50-22-11-7-17-41(50)43-25-24-40(31-52(43)63)62-49-21-10-8-18-42(49)45-29-35(23-26-51(45)62)34-13-4-3-5-14-34/h3-26,28-29,31,37-38,46-47,53H,27,30,32-33H2,1-2H3/t37-,38?,46+,47?,53?,59+/m1/s1. The van der Waals surface area contributed by atoms with Gasteiger partial charge in [0.05, 0.1) is 33.5 Å². The van der Waals surface area contributed by atoms with Crippen LogP contribution in [-0.4, -0.2) is 19.1 Å². The second kappa shape index (κ2) is 12.0. The van der Waals surface area contributed by atoms with Crippen molar-refractivity contribution in [2.24, 2.45) is 29.6 Å². The minimum Gasteiger partial charge on any atom is -0.309 e. The maximum Gasteiger partial charge on any atom is 0.235 e. The Bertz CT molecular complexity index is 3610. The third kappa shape index (κ3) is 4.41. The number of hydrogen-bond acceptors (Lipinski definition) is 2. The second-order valence-corrected chi connectivity index (χ2v) is 20.3. The molecule has 3 heterocycles. The monoisotopic (exact) mass is 810 g/mol. The van der Waals surface area contributed by atoms with Gasteiger partial charge in [0.2, 0.25) is 5.95 Å². The molecule has 5 fully saturated rings. The van der Waals surface area contributed by atoms with Crippen molar-refractivity contribution in [3.05, 3.63) is 180 Å². The molecule has 63 heavy (non-hydrogen) atoms. The van der Waals surface area contributed by atoms with Gasteiger partial charge >= 0.3 is 0 Å². The average molecular weight is 811 g/mol. The van der Waals surface area contributed by atoms with Crippen LogP contribution in [0.3, 0.4) is 0 Å². The summed E-state index contributed by atoms with van der Waals surface area (Å²) in [6, 6.07) is 60.9. The summed E-state index contributed by atoms with van der Waals surface area (Å²) in [5.74, 6) is 5.44. The van der Waals surface area contributed by atoms with Crippen LogP contribution in [0.15, 0.2) is 164 Å². The van der Waals surface area contributed by atoms with Crippen molar-refractivity contribution < 1.29 is 0 Å². The van der Waals surface area contributed by atoms with Gasteiger partial charge in [0.25, 0.3) is 0 Å². The van der Waals surface area contributed by atoms with E-state index in [1.54, 1.807) is 5.56 Å². The van der Waals surface area contributed by atoms with E-state index in [1.807, 2.05) is 0 Å². The summed E-state index contributed by atoms with van der Waals surface area (Å²) >= 11 is 0. The number of hydrogen-bond donors (Lipinski definition) is 0. The smallest absolute Gasteiger partial charge is 0.235 e. The summed E-state index contributed by atoms with van der Waals surface area (Å²) < 4.78 is 4.78. The molecule has 0 aliphatic heterocycles. The largest absolute Gasteiger partial charge is 0.309 e. The van der Waals surface area contributed by atoms with E-state index in [9.17, 15) is 0 Å². The summed E-state index contributed by atoms with van der Waals surface area (Å²) in [6.45, 7) is 4.75. The molecule has 6 aliphatic carbocycles. The van der Waals surface area contributed by atoms with Gasteiger partial charge in [0.15, 0.2) is 0 Å². The third-order valence-electron chi connectivity index (χ3n) is 17.2. The van der Waals surface area contributed by atoms with Crippen molar-refractivity contribution in [3.63, 3.8) is 0 Å². The number of para-hydroxylation sites is 2. The highest BCUT2D eigenvalue weighted by atomic mass is 15.2. The Labute approximate surface area is 366 Å². The topological polar surface area (TPSA) is 35.6 Å². The van der Waals surface area contributed by atoms with Gasteiger partial charge in [-0.2, -0.15) is 0 Å². The van der Waals surface area contributed by atoms with Crippen molar-refractivity contribution in [1.82, 2.24) is 19.1 Å². The van der Waals surface area contributed by atoms with E-state index in [0.29, 0.717) is 5.41 Å². The maximum absolute atomic E-state index is 5.80. The van der Waals surface area contributed by atoms with Gasteiger partial charge in [-0.05, 0) is 125 Å². The van der Waals surface area contributed by atoms with Crippen LogP contribution in [0.1, 0.15) is 56.2 Å². The fourth-order valence-corrected chi connectivity index (χ4v) is 14.6. The van der Waals surface area contributed by atoms with E-state index in [4.69, 9.17) is 9.97 Å². The maximum atomic E-state index is 5.80. The highest BCUT2D eigenvalue weighted by molar-refractivity contribution is 6.12. The van der Waals surface area contributed by atoms with E-state index in [0.717, 1.165) is 63.6 Å². The summed E-state index contributed by atoms with van der Waals surface area (Å²) in [5.41, 5.74) is 16.9. The lowest BCUT2D eigenvalue weighted by molar-refractivity contribution is -0.0860. The molecule has 7 aromatic carbocycles. The summed E-state index contributed by atoms with van der Waals surface area (Å²) in [4.78, 5) is 11.5. The molecule has 5 saturated carbocycles. The number of benzene rings is 7. The molecule has 0 N–H and O–H groups in total. The van der Waals surface area contributed by atoms with Crippen LogP contribution in [0.5, 0.6) is 0 Å². The lowest BCUT2D eigenvalue weighted by Crippen LogP contribution is -2.55. The number of aromatic nitrogens is 4. The SMILES string of the molecule is CC1(C)c2ccccc2-c2nc(-n3c4ccccc4c4ccc(-n5c6ccccc6c6cc(-c7ccccc7)ccc65)cc43)nc(-c3cccc([C@]45CC6C[C@@H]7C[C@@H](C7C4)C65)c3)c21. The van der Waals surface area contributed by atoms with Crippen molar-refractivity contribution >= 4 is 43.6 Å². The Morgan fingerprint density at radius 2 is 1.21 bits per heavy atom. The number of rotatable bonds is 5. The lowest BCUT2D eigenvalue weighted by Gasteiger charge is -2.61. The van der Waals surface area contributed by atoms with Gasteiger partial charge in [0, 0.05) is 49.3 Å². The number of fused-ring (bicyclic) bond motifs is 9. The Hall–Kier alpha value is -6.78. The van der Waals surface area contributed by atoms with E-state index in [-0.39, 0.29) is 5.41 Å². The first kappa shape index (κ1) is 34.8. The first-order chi connectivity index (χ1) is 30.9. The molecule has 4 nitrogen and oxygen atoms in total. The van der Waals surface area contributed by atoms with Crippen LogP contribution in [0.25, 0.3) is 88.9 Å². The van der Waals surface area contributed by atoms with Crippen LogP contribution < -0.4 is 0 Å². The molecule has 302 valence electrons. The first-order valence-corrected chi connectivity index (χ1v) is 23.2. The van der Waals surface area contributed by atoms with Crippen LogP contribution in [0.4, 0.5) is 0 Å². The zero-order valence-corrected chi connectivity index (χ0v) is 35.6. The zero-order chi connectivity index (χ0) is 41.3. The molecule has 6 aliphatic rings. The second-order valence-electron chi connectivity index (χ2n) is 20.3. The fourth-order valence-electron chi connectivity index (χ4n) is 14.6. The molecule has 3 aromatic heterocycles. The van der Waals surface area contributed by atoms with Crippen molar-refractivity contribution in [2.75, 3.05) is 0 Å². The van der Waals surface area contributed by atoms with E-state index >= 15 is 0 Å². The molecule has 0 saturated heterocycles. The van der Waals surface area contributed by atoms with Crippen LogP contribution >= 0.6 is 0 Å².